The number of anilines is 1. The van der Waals surface area contributed by atoms with Gasteiger partial charge < -0.3 is 10.6 Å². The van der Waals surface area contributed by atoms with Crippen LogP contribution in [0.2, 0.25) is 0 Å². The largest absolute Gasteiger partial charge is 0.397 e. The van der Waals surface area contributed by atoms with Gasteiger partial charge in [0.2, 0.25) is 0 Å². The molecule has 1 aliphatic heterocycles. The van der Waals surface area contributed by atoms with Crippen LogP contribution in [-0.2, 0) is 13.0 Å². The van der Waals surface area contributed by atoms with Crippen LogP contribution in [0.4, 0.5) is 5.69 Å². The number of pyridine rings is 1. The first-order chi connectivity index (χ1) is 6.16. The molecule has 2 N–H and O–H groups in total. The van der Waals surface area contributed by atoms with E-state index in [-0.39, 0.29) is 0 Å². The van der Waals surface area contributed by atoms with Crippen molar-refractivity contribution in [2.24, 2.45) is 0 Å². The smallest absolute Gasteiger partial charge is 0.129 e. The van der Waals surface area contributed by atoms with E-state index in [1.165, 1.54) is 11.3 Å². The van der Waals surface area contributed by atoms with Gasteiger partial charge in [0.05, 0.1) is 5.69 Å². The van der Waals surface area contributed by atoms with Gasteiger partial charge in [-0.15, -0.1) is 0 Å². The average molecular weight is 242 g/mol. The second kappa shape index (κ2) is 3.27. The van der Waals surface area contributed by atoms with Gasteiger partial charge in [0, 0.05) is 25.2 Å². The normalized spacial score (nSPS) is 17.1. The number of hydrogen-bond donors (Lipinski definition) is 1. The van der Waals surface area contributed by atoms with Crippen LogP contribution in [0, 0.1) is 0 Å². The zero-order valence-electron chi connectivity index (χ0n) is 7.55. The Labute approximate surface area is 86.1 Å². The predicted octanol–water partition coefficient (Wildman–Crippen LogP) is 1.41. The first kappa shape index (κ1) is 8.97. The predicted molar refractivity (Wildman–Crippen MR) is 56.4 cm³/mol. The molecule has 13 heavy (non-hydrogen) atoms. The Balaban J connectivity index is 2.43. The van der Waals surface area contributed by atoms with Gasteiger partial charge in [0.25, 0.3) is 0 Å². The number of nitrogens with zero attached hydrogens (tertiary/aromatic N) is 2. The number of nitrogens with two attached hydrogens (primary N) is 1. The van der Waals surface area contributed by atoms with Gasteiger partial charge >= 0.3 is 0 Å². The number of likely N-dealkylation sites (N-methyl/N-ethyl adjacent to an activating group) is 1. The molecule has 2 heterocycles. The molecular formula is C9H12BrN3. The lowest BCUT2D eigenvalue weighted by molar-refractivity contribution is 0.310. The van der Waals surface area contributed by atoms with E-state index in [0.717, 1.165) is 29.8 Å². The molecule has 0 radical (unpaired) electrons. The third kappa shape index (κ3) is 1.69. The molecule has 70 valence electrons. The van der Waals surface area contributed by atoms with Gasteiger partial charge in [-0.3, -0.25) is 0 Å². The molecule has 0 aromatic carbocycles. The Morgan fingerprint density at radius 3 is 3.15 bits per heavy atom. The molecule has 1 aliphatic rings. The molecule has 0 saturated heterocycles. The molecule has 0 saturated carbocycles. The van der Waals surface area contributed by atoms with Crippen molar-refractivity contribution in [1.29, 1.82) is 0 Å². The van der Waals surface area contributed by atoms with E-state index in [4.69, 9.17) is 5.73 Å². The molecule has 0 fully saturated rings. The van der Waals surface area contributed by atoms with E-state index in [1.807, 2.05) is 6.07 Å². The lowest BCUT2D eigenvalue weighted by atomic mass is 10.1. The molecule has 0 atom stereocenters. The Bertz CT molecular complexity index is 338. The highest BCUT2D eigenvalue weighted by atomic mass is 79.9. The van der Waals surface area contributed by atoms with Crippen molar-refractivity contribution in [2.75, 3.05) is 19.3 Å². The first-order valence-electron chi connectivity index (χ1n) is 4.29. The second-order valence-electron chi connectivity index (χ2n) is 3.46. The fourth-order valence-corrected chi connectivity index (χ4v) is 1.93. The molecule has 2 rings (SSSR count). The zero-order chi connectivity index (χ0) is 9.42. The Kier molecular flexibility index (Phi) is 2.26. The van der Waals surface area contributed by atoms with Crippen molar-refractivity contribution in [3.63, 3.8) is 0 Å². The van der Waals surface area contributed by atoms with E-state index in [2.05, 4.69) is 32.9 Å². The summed E-state index contributed by atoms with van der Waals surface area (Å²) in [5.74, 6) is 0. The number of hydrogen-bond acceptors (Lipinski definition) is 3. The molecule has 0 aliphatic carbocycles. The number of fused-ring (bicyclic) bond motifs is 1. The molecule has 1 aromatic heterocycles. The maximum Gasteiger partial charge on any atom is 0.129 e. The lowest BCUT2D eigenvalue weighted by Gasteiger charge is -2.24. The van der Waals surface area contributed by atoms with Crippen molar-refractivity contribution < 1.29 is 0 Å². The second-order valence-corrected chi connectivity index (χ2v) is 4.21. The summed E-state index contributed by atoms with van der Waals surface area (Å²) in [4.78, 5) is 6.69. The number of halogens is 1. The number of aromatic nitrogens is 1. The van der Waals surface area contributed by atoms with E-state index in [1.54, 1.807) is 0 Å². The van der Waals surface area contributed by atoms with Crippen molar-refractivity contribution in [3.05, 3.63) is 21.9 Å². The van der Waals surface area contributed by atoms with Crippen LogP contribution in [0.5, 0.6) is 0 Å². The summed E-state index contributed by atoms with van der Waals surface area (Å²) >= 11 is 3.34. The lowest BCUT2D eigenvalue weighted by Crippen LogP contribution is -2.27. The van der Waals surface area contributed by atoms with Crippen LogP contribution in [0.25, 0.3) is 0 Å². The topological polar surface area (TPSA) is 42.2 Å². The Hall–Kier alpha value is -0.610. The van der Waals surface area contributed by atoms with Crippen molar-refractivity contribution in [3.8, 4) is 0 Å². The molecular weight excluding hydrogens is 230 g/mol. The fraction of sp³-hybridized carbons (Fsp3) is 0.444. The minimum Gasteiger partial charge on any atom is -0.397 e. The minimum absolute atomic E-state index is 0.731. The molecule has 0 spiro atoms. The van der Waals surface area contributed by atoms with Crippen molar-refractivity contribution >= 4 is 21.6 Å². The van der Waals surface area contributed by atoms with Gasteiger partial charge in [-0.25, -0.2) is 4.98 Å². The van der Waals surface area contributed by atoms with Gasteiger partial charge in [-0.2, -0.15) is 0 Å². The van der Waals surface area contributed by atoms with E-state index in [0.29, 0.717) is 0 Å². The summed E-state index contributed by atoms with van der Waals surface area (Å²) in [6.07, 6.45) is 1.02. The summed E-state index contributed by atoms with van der Waals surface area (Å²) in [5, 5.41) is 0. The third-order valence-electron chi connectivity index (χ3n) is 2.34. The van der Waals surface area contributed by atoms with E-state index in [9.17, 15) is 0 Å². The summed E-state index contributed by atoms with van der Waals surface area (Å²) in [6, 6.07) is 2.02. The van der Waals surface area contributed by atoms with Crippen molar-refractivity contribution in [2.45, 2.75) is 13.0 Å². The fourth-order valence-electron chi connectivity index (χ4n) is 1.61. The zero-order valence-corrected chi connectivity index (χ0v) is 9.13. The summed E-state index contributed by atoms with van der Waals surface area (Å²) in [6.45, 7) is 2.04. The molecule has 0 bridgehead atoms. The SMILES string of the molecule is CN1CCc2nc(Br)c(N)cc2C1. The molecule has 3 nitrogen and oxygen atoms in total. The number of nitrogen functional groups attached to an aromatic ring is 1. The summed E-state index contributed by atoms with van der Waals surface area (Å²) < 4.78 is 0.774. The van der Waals surface area contributed by atoms with Crippen LogP contribution in [0.3, 0.4) is 0 Å². The standard InChI is InChI=1S/C9H12BrN3/c1-13-3-2-8-6(5-13)4-7(11)9(10)12-8/h4H,2-3,5,11H2,1H3. The van der Waals surface area contributed by atoms with Crippen LogP contribution >= 0.6 is 15.9 Å². The first-order valence-corrected chi connectivity index (χ1v) is 5.08. The highest BCUT2D eigenvalue weighted by Gasteiger charge is 2.15. The monoisotopic (exact) mass is 241 g/mol. The van der Waals surface area contributed by atoms with Crippen LogP contribution in [0.1, 0.15) is 11.3 Å². The van der Waals surface area contributed by atoms with Crippen LogP contribution in [-0.4, -0.2) is 23.5 Å². The van der Waals surface area contributed by atoms with E-state index < -0.39 is 0 Å². The maximum atomic E-state index is 5.76. The average Bonchev–Trinajstić information content (AvgIpc) is 2.08. The van der Waals surface area contributed by atoms with E-state index >= 15 is 0 Å². The molecule has 0 unspecified atom stereocenters. The van der Waals surface area contributed by atoms with Gasteiger partial charge in [-0.1, -0.05) is 0 Å². The molecule has 0 amide bonds. The highest BCUT2D eigenvalue weighted by Crippen LogP contribution is 2.24. The molecule has 4 heteroatoms. The Morgan fingerprint density at radius 2 is 2.38 bits per heavy atom. The minimum atomic E-state index is 0.731. The quantitative estimate of drug-likeness (QED) is 0.699. The maximum absolute atomic E-state index is 5.76. The third-order valence-corrected chi connectivity index (χ3v) is 2.98. The van der Waals surface area contributed by atoms with Crippen molar-refractivity contribution in [1.82, 2.24) is 9.88 Å². The summed E-state index contributed by atoms with van der Waals surface area (Å²) in [5.41, 5.74) is 8.93. The van der Waals surface area contributed by atoms with Crippen LogP contribution < -0.4 is 5.73 Å². The Morgan fingerprint density at radius 1 is 1.62 bits per heavy atom. The van der Waals surface area contributed by atoms with Gasteiger partial charge in [0.15, 0.2) is 0 Å². The van der Waals surface area contributed by atoms with Gasteiger partial charge in [-0.05, 0) is 34.6 Å². The number of rotatable bonds is 0. The van der Waals surface area contributed by atoms with Gasteiger partial charge in [0.1, 0.15) is 4.60 Å². The molecule has 1 aromatic rings. The van der Waals surface area contributed by atoms with Crippen LogP contribution in [0.15, 0.2) is 10.7 Å². The highest BCUT2D eigenvalue weighted by molar-refractivity contribution is 9.10. The summed E-state index contributed by atoms with van der Waals surface area (Å²) in [7, 11) is 2.11.